The number of benzene rings is 1. The van der Waals surface area contributed by atoms with Gasteiger partial charge in [-0.05, 0) is 68.2 Å². The Hall–Kier alpha value is 0.250. The van der Waals surface area contributed by atoms with E-state index in [2.05, 4.69) is 59.2 Å². The van der Waals surface area contributed by atoms with Crippen molar-refractivity contribution in [3.8, 4) is 0 Å². The minimum Gasteiger partial charge on any atom is -0.306 e. The largest absolute Gasteiger partial charge is 0.306 e. The van der Waals surface area contributed by atoms with Gasteiger partial charge in [-0.3, -0.25) is 0 Å². The summed E-state index contributed by atoms with van der Waals surface area (Å²) in [6, 6.07) is 7.02. The van der Waals surface area contributed by atoms with Gasteiger partial charge in [0.2, 0.25) is 0 Å². The van der Waals surface area contributed by atoms with Crippen LogP contribution in [0.1, 0.15) is 23.4 Å². The molecule has 1 atom stereocenters. The first kappa shape index (κ1) is 15.6. The first-order chi connectivity index (χ1) is 9.01. The fraction of sp³-hybridized carbons (Fsp3) is 0.231. The Kier molecular flexibility index (Phi) is 5.60. The van der Waals surface area contributed by atoms with Crippen LogP contribution in [-0.2, 0) is 0 Å². The van der Waals surface area contributed by atoms with Gasteiger partial charge in [0.25, 0.3) is 0 Å². The Bertz CT molecular complexity index is 546. The molecule has 0 aliphatic carbocycles. The van der Waals surface area contributed by atoms with Gasteiger partial charge in [-0.15, -0.1) is 11.3 Å². The number of thiophene rings is 1. The molecule has 6 heteroatoms. The molecule has 0 amide bonds. The number of nitrogens with one attached hydrogen (secondary N) is 1. The van der Waals surface area contributed by atoms with Crippen molar-refractivity contribution >= 4 is 59.1 Å². The van der Waals surface area contributed by atoms with E-state index in [-0.39, 0.29) is 11.9 Å². The highest BCUT2D eigenvalue weighted by Gasteiger charge is 2.18. The van der Waals surface area contributed by atoms with Crippen molar-refractivity contribution < 1.29 is 4.39 Å². The molecule has 0 bridgehead atoms. The average Bonchev–Trinajstić information content (AvgIpc) is 2.65. The fourth-order valence-corrected chi connectivity index (χ4v) is 4.51. The Morgan fingerprint density at radius 2 is 1.95 bits per heavy atom. The van der Waals surface area contributed by atoms with Crippen LogP contribution in [0, 0.1) is 5.82 Å². The highest BCUT2D eigenvalue weighted by atomic mass is 79.9. The smallest absolute Gasteiger partial charge is 0.124 e. The normalized spacial score (nSPS) is 12.7. The van der Waals surface area contributed by atoms with Gasteiger partial charge in [-0.1, -0.05) is 22.9 Å². The molecule has 1 unspecified atom stereocenters. The van der Waals surface area contributed by atoms with Crippen molar-refractivity contribution in [3.05, 3.63) is 53.3 Å². The monoisotopic (exact) mass is 469 g/mol. The van der Waals surface area contributed by atoms with E-state index in [4.69, 9.17) is 0 Å². The van der Waals surface area contributed by atoms with Crippen LogP contribution in [-0.4, -0.2) is 6.54 Å². The zero-order valence-electron chi connectivity index (χ0n) is 10.0. The molecule has 102 valence electrons. The molecule has 1 aromatic heterocycles. The van der Waals surface area contributed by atoms with Crippen LogP contribution < -0.4 is 5.32 Å². The topological polar surface area (TPSA) is 12.0 Å². The third-order valence-corrected chi connectivity index (χ3v) is 6.35. The zero-order valence-corrected chi connectivity index (χ0v) is 15.6. The van der Waals surface area contributed by atoms with Gasteiger partial charge in [-0.25, -0.2) is 4.39 Å². The Morgan fingerprint density at radius 3 is 2.47 bits per heavy atom. The lowest BCUT2D eigenvalue weighted by atomic mass is 10.1. The van der Waals surface area contributed by atoms with E-state index < -0.39 is 0 Å². The van der Waals surface area contributed by atoms with Crippen molar-refractivity contribution in [3.63, 3.8) is 0 Å². The summed E-state index contributed by atoms with van der Waals surface area (Å²) in [4.78, 5) is 1.14. The quantitative estimate of drug-likeness (QED) is 0.587. The summed E-state index contributed by atoms with van der Waals surface area (Å²) in [7, 11) is 0. The van der Waals surface area contributed by atoms with Gasteiger partial charge < -0.3 is 5.32 Å². The maximum atomic E-state index is 13.6. The lowest BCUT2D eigenvalue weighted by Crippen LogP contribution is -2.21. The number of rotatable bonds is 4. The van der Waals surface area contributed by atoms with Crippen LogP contribution in [0.2, 0.25) is 0 Å². The maximum absolute atomic E-state index is 13.6. The first-order valence-electron chi connectivity index (χ1n) is 5.65. The Labute approximate surface area is 141 Å². The zero-order chi connectivity index (χ0) is 14.0. The maximum Gasteiger partial charge on any atom is 0.124 e. The number of hydrogen-bond donors (Lipinski definition) is 1. The molecule has 1 heterocycles. The van der Waals surface area contributed by atoms with Crippen molar-refractivity contribution in [2.24, 2.45) is 0 Å². The molecule has 1 aromatic carbocycles. The molecule has 19 heavy (non-hydrogen) atoms. The molecule has 0 saturated carbocycles. The predicted molar refractivity (Wildman–Crippen MR) is 89.3 cm³/mol. The summed E-state index contributed by atoms with van der Waals surface area (Å²) in [5, 5.41) is 3.39. The molecular weight excluding hydrogens is 461 g/mol. The summed E-state index contributed by atoms with van der Waals surface area (Å²) in [5.74, 6) is -0.234. The van der Waals surface area contributed by atoms with Crippen molar-refractivity contribution in [2.75, 3.05) is 6.54 Å². The lowest BCUT2D eigenvalue weighted by Gasteiger charge is -2.17. The third kappa shape index (κ3) is 3.88. The molecule has 2 aromatic rings. The molecule has 1 nitrogen and oxygen atoms in total. The van der Waals surface area contributed by atoms with Crippen LogP contribution >= 0.6 is 59.1 Å². The second-order valence-electron chi connectivity index (χ2n) is 3.96. The van der Waals surface area contributed by atoms with Crippen molar-refractivity contribution in [1.82, 2.24) is 5.32 Å². The molecule has 1 N–H and O–H groups in total. The van der Waals surface area contributed by atoms with Crippen LogP contribution in [0.5, 0.6) is 0 Å². The van der Waals surface area contributed by atoms with Crippen molar-refractivity contribution in [2.45, 2.75) is 13.0 Å². The lowest BCUT2D eigenvalue weighted by molar-refractivity contribution is 0.606. The standard InChI is InChI=1S/C13H11Br3FNS/c1-2-18-12(11-6-10(15)13(16)19-11)7-3-8(14)5-9(17)4-7/h3-6,12,18H,2H2,1H3. The van der Waals surface area contributed by atoms with Gasteiger partial charge in [0.15, 0.2) is 0 Å². The van der Waals surface area contributed by atoms with Gasteiger partial charge in [0.05, 0.1) is 9.83 Å². The molecule has 0 aliphatic heterocycles. The van der Waals surface area contributed by atoms with Crippen LogP contribution in [0.3, 0.4) is 0 Å². The summed E-state index contributed by atoms with van der Waals surface area (Å²) in [5.41, 5.74) is 0.912. The molecular formula is C13H11Br3FNS. The van der Waals surface area contributed by atoms with Crippen LogP contribution in [0.25, 0.3) is 0 Å². The molecule has 0 aliphatic rings. The second kappa shape index (κ2) is 6.80. The van der Waals surface area contributed by atoms with Gasteiger partial charge in [-0.2, -0.15) is 0 Å². The predicted octanol–water partition coefficient (Wildman–Crippen LogP) is 5.87. The summed E-state index contributed by atoms with van der Waals surface area (Å²) < 4.78 is 16.4. The molecule has 2 rings (SSSR count). The SMILES string of the molecule is CCNC(c1cc(F)cc(Br)c1)c1cc(Br)c(Br)s1. The first-order valence-corrected chi connectivity index (χ1v) is 8.85. The highest BCUT2D eigenvalue weighted by molar-refractivity contribution is 9.13. The van der Waals surface area contributed by atoms with E-state index in [0.29, 0.717) is 0 Å². The average molecular weight is 472 g/mol. The highest BCUT2D eigenvalue weighted by Crippen LogP contribution is 2.38. The van der Waals surface area contributed by atoms with Gasteiger partial charge in [0, 0.05) is 13.8 Å². The van der Waals surface area contributed by atoms with Crippen molar-refractivity contribution in [1.29, 1.82) is 0 Å². The van der Waals surface area contributed by atoms with Gasteiger partial charge >= 0.3 is 0 Å². The van der Waals surface area contributed by atoms with E-state index in [9.17, 15) is 4.39 Å². The number of hydrogen-bond acceptors (Lipinski definition) is 2. The van der Waals surface area contributed by atoms with E-state index >= 15 is 0 Å². The van der Waals surface area contributed by atoms with E-state index in [1.165, 1.54) is 6.07 Å². The minimum absolute atomic E-state index is 0.00963. The van der Waals surface area contributed by atoms with E-state index in [1.54, 1.807) is 17.4 Å². The summed E-state index contributed by atoms with van der Waals surface area (Å²) in [6.45, 7) is 2.85. The van der Waals surface area contributed by atoms with E-state index in [1.807, 2.05) is 13.0 Å². The van der Waals surface area contributed by atoms with Gasteiger partial charge in [0.1, 0.15) is 5.82 Å². The second-order valence-corrected chi connectivity index (χ2v) is 8.14. The molecule has 0 spiro atoms. The Balaban J connectivity index is 2.44. The molecule has 0 saturated heterocycles. The summed E-state index contributed by atoms with van der Waals surface area (Å²) in [6.07, 6.45) is 0. The Morgan fingerprint density at radius 1 is 1.21 bits per heavy atom. The molecule has 0 radical (unpaired) electrons. The minimum atomic E-state index is -0.234. The summed E-state index contributed by atoms with van der Waals surface area (Å²) >= 11 is 12.0. The number of halogens is 4. The van der Waals surface area contributed by atoms with Crippen LogP contribution in [0.4, 0.5) is 4.39 Å². The van der Waals surface area contributed by atoms with E-state index in [0.717, 1.165) is 29.7 Å². The fourth-order valence-electron chi connectivity index (χ4n) is 1.83. The van der Waals surface area contributed by atoms with Crippen LogP contribution in [0.15, 0.2) is 37.0 Å². The molecule has 0 fully saturated rings. The third-order valence-electron chi connectivity index (χ3n) is 2.58.